The Kier molecular flexibility index (Phi) is 41.1. The number of rotatable bonds is 45. The zero-order valence-corrected chi connectivity index (χ0v) is 40.4. The summed E-state index contributed by atoms with van der Waals surface area (Å²) in [5.74, 6) is -0.180. The molecule has 0 aliphatic heterocycles. The van der Waals surface area contributed by atoms with Crippen LogP contribution in [0.5, 0.6) is 0 Å². The molecule has 0 saturated heterocycles. The van der Waals surface area contributed by atoms with Crippen molar-refractivity contribution in [1.29, 1.82) is 0 Å². The average Bonchev–Trinajstić information content (AvgIpc) is 3.19. The summed E-state index contributed by atoms with van der Waals surface area (Å²) in [6, 6.07) is -0.847. The highest BCUT2D eigenvalue weighted by Gasteiger charge is 2.27. The van der Waals surface area contributed by atoms with E-state index in [2.05, 4.69) is 43.5 Å². The second-order valence-electron chi connectivity index (χ2n) is 18.2. The number of unbranched alkanes of at least 4 members (excludes halogenated alkanes) is 29. The summed E-state index contributed by atoms with van der Waals surface area (Å²) in [5, 5.41) is 13.9. The molecule has 0 aliphatic rings. The molecular weight excluding hydrogens is 756 g/mol. The lowest BCUT2D eigenvalue weighted by atomic mass is 10.0. The van der Waals surface area contributed by atoms with Gasteiger partial charge in [-0.15, -0.1) is 0 Å². The van der Waals surface area contributed by atoms with E-state index in [-0.39, 0.29) is 19.1 Å². The van der Waals surface area contributed by atoms with Gasteiger partial charge in [0, 0.05) is 6.42 Å². The smallest absolute Gasteiger partial charge is 0.387 e. The van der Waals surface area contributed by atoms with Crippen LogP contribution in [0.15, 0.2) is 36.5 Å². The van der Waals surface area contributed by atoms with Crippen molar-refractivity contribution in [3.63, 3.8) is 0 Å². The molecule has 348 valence electrons. The predicted molar refractivity (Wildman–Crippen MR) is 254 cm³/mol. The molecule has 3 N–H and O–H groups in total. The Morgan fingerprint density at radius 2 is 0.949 bits per heavy atom. The summed E-state index contributed by atoms with van der Waals surface area (Å²) < 4.78 is 23.6. The third kappa shape index (κ3) is 44.6. The van der Waals surface area contributed by atoms with Gasteiger partial charge in [0.05, 0.1) is 39.9 Å². The molecule has 0 aromatic carbocycles. The molecule has 0 fully saturated rings. The molecule has 9 heteroatoms. The van der Waals surface area contributed by atoms with E-state index in [9.17, 15) is 19.4 Å². The number of carbonyl (C=O) groups is 1. The molecule has 0 aliphatic carbocycles. The van der Waals surface area contributed by atoms with Gasteiger partial charge in [-0.3, -0.25) is 13.8 Å². The molecule has 0 heterocycles. The number of hydrogen-bond acceptors (Lipinski definition) is 5. The second-order valence-corrected chi connectivity index (χ2v) is 19.7. The Bertz CT molecular complexity index is 1060. The molecule has 0 rings (SSSR count). The van der Waals surface area contributed by atoms with Crippen molar-refractivity contribution in [2.45, 2.75) is 238 Å². The lowest BCUT2D eigenvalue weighted by molar-refractivity contribution is -0.870. The number of nitrogens with zero attached hydrogens (tertiary/aromatic N) is 1. The first-order valence-electron chi connectivity index (χ1n) is 24.9. The van der Waals surface area contributed by atoms with Crippen molar-refractivity contribution in [2.24, 2.45) is 0 Å². The van der Waals surface area contributed by atoms with Gasteiger partial charge in [0.1, 0.15) is 13.2 Å². The van der Waals surface area contributed by atoms with E-state index in [1.165, 1.54) is 167 Å². The highest BCUT2D eigenvalue weighted by Crippen LogP contribution is 2.43. The second kappa shape index (κ2) is 42.0. The number of allylic oxidation sites excluding steroid dienone is 5. The van der Waals surface area contributed by atoms with Gasteiger partial charge >= 0.3 is 7.82 Å². The van der Waals surface area contributed by atoms with Crippen LogP contribution >= 0.6 is 7.82 Å². The quantitative estimate of drug-likeness (QED) is 0.0185. The number of likely N-dealkylation sites (N-methyl/N-ethyl adjacent to an activating group) is 1. The Labute approximate surface area is 366 Å². The molecule has 3 unspecified atom stereocenters. The van der Waals surface area contributed by atoms with Crippen molar-refractivity contribution in [3.05, 3.63) is 36.5 Å². The number of aliphatic hydroxyl groups is 1. The summed E-state index contributed by atoms with van der Waals surface area (Å²) in [6.07, 6.45) is 52.1. The zero-order valence-electron chi connectivity index (χ0n) is 39.5. The first-order valence-corrected chi connectivity index (χ1v) is 26.4. The molecule has 0 spiro atoms. The Morgan fingerprint density at radius 1 is 0.576 bits per heavy atom. The van der Waals surface area contributed by atoms with E-state index in [0.29, 0.717) is 17.4 Å². The van der Waals surface area contributed by atoms with E-state index in [1.54, 1.807) is 6.08 Å². The maximum atomic E-state index is 12.9. The Morgan fingerprint density at radius 3 is 1.39 bits per heavy atom. The van der Waals surface area contributed by atoms with Gasteiger partial charge in [-0.2, -0.15) is 0 Å². The van der Waals surface area contributed by atoms with Gasteiger partial charge in [0.25, 0.3) is 0 Å². The van der Waals surface area contributed by atoms with Crippen molar-refractivity contribution in [2.75, 3.05) is 40.9 Å². The zero-order chi connectivity index (χ0) is 43.6. The van der Waals surface area contributed by atoms with Gasteiger partial charge < -0.3 is 19.8 Å². The van der Waals surface area contributed by atoms with E-state index in [1.807, 2.05) is 27.2 Å². The number of phosphoric acid groups is 1. The highest BCUT2D eigenvalue weighted by molar-refractivity contribution is 7.47. The molecule has 0 saturated carbocycles. The SMILES string of the molecule is CCCCC/C=C\C=C/CCCCCCCCCCCCC(=O)NC(COP(=O)(O)OCC[N+](C)(C)C)C(O)/C=C/CCCCCCCCCCCCCCCCCC. The Balaban J connectivity index is 4.34. The van der Waals surface area contributed by atoms with E-state index >= 15 is 0 Å². The highest BCUT2D eigenvalue weighted by atomic mass is 31.2. The standard InChI is InChI=1S/C50H97N2O6P/c1-6-8-10-12-14-16-18-20-22-24-26-28-30-32-34-36-38-40-42-44-50(54)51-48(47-58-59(55,56)57-46-45-52(3,4)5)49(53)43-41-39-37-35-33-31-29-27-25-23-21-19-17-15-13-11-9-7-2/h14,16,18,20,41,43,48-49,53H,6-13,15,17,19,21-40,42,44-47H2,1-5H3,(H-,51,54,55,56)/p+1/b16-14-,20-18-,43-41+. The van der Waals surface area contributed by atoms with Gasteiger partial charge in [0.2, 0.25) is 5.91 Å². The van der Waals surface area contributed by atoms with Crippen LogP contribution in [0.3, 0.4) is 0 Å². The lowest BCUT2D eigenvalue weighted by Gasteiger charge is -2.25. The van der Waals surface area contributed by atoms with Crippen molar-refractivity contribution < 1.29 is 32.9 Å². The van der Waals surface area contributed by atoms with Gasteiger partial charge in [-0.1, -0.05) is 211 Å². The number of hydrogen-bond donors (Lipinski definition) is 3. The first kappa shape index (κ1) is 57.7. The van der Waals surface area contributed by atoms with Crippen LogP contribution in [-0.2, 0) is 18.4 Å². The summed E-state index contributed by atoms with van der Waals surface area (Å²) in [4.78, 5) is 23.2. The fourth-order valence-corrected chi connectivity index (χ4v) is 7.89. The van der Waals surface area contributed by atoms with Crippen LogP contribution < -0.4 is 5.32 Å². The Hall–Kier alpha value is -1.28. The summed E-state index contributed by atoms with van der Waals surface area (Å²) in [6.45, 7) is 4.80. The molecule has 0 radical (unpaired) electrons. The molecule has 0 aromatic heterocycles. The molecule has 3 atom stereocenters. The van der Waals surface area contributed by atoms with E-state index < -0.39 is 20.0 Å². The fourth-order valence-electron chi connectivity index (χ4n) is 7.15. The largest absolute Gasteiger partial charge is 0.472 e. The van der Waals surface area contributed by atoms with Gasteiger partial charge in [0.15, 0.2) is 0 Å². The fraction of sp³-hybridized carbons (Fsp3) is 0.860. The molecule has 1 amide bonds. The summed E-state index contributed by atoms with van der Waals surface area (Å²) in [7, 11) is 1.57. The minimum absolute atomic E-state index is 0.0610. The normalized spacial score (nSPS) is 14.5. The molecule has 59 heavy (non-hydrogen) atoms. The number of phosphoric ester groups is 1. The number of aliphatic hydroxyl groups excluding tert-OH is 1. The van der Waals surface area contributed by atoms with Crippen LogP contribution in [0, 0.1) is 0 Å². The van der Waals surface area contributed by atoms with Gasteiger partial charge in [-0.05, 0) is 44.9 Å². The summed E-state index contributed by atoms with van der Waals surface area (Å²) >= 11 is 0. The van der Waals surface area contributed by atoms with Crippen LogP contribution in [0.2, 0.25) is 0 Å². The van der Waals surface area contributed by atoms with Gasteiger partial charge in [-0.25, -0.2) is 4.57 Å². The third-order valence-electron chi connectivity index (χ3n) is 11.1. The van der Waals surface area contributed by atoms with Crippen LogP contribution in [0.4, 0.5) is 0 Å². The van der Waals surface area contributed by atoms with Crippen molar-refractivity contribution in [3.8, 4) is 0 Å². The maximum absolute atomic E-state index is 12.9. The third-order valence-corrected chi connectivity index (χ3v) is 12.1. The minimum atomic E-state index is -4.34. The topological polar surface area (TPSA) is 105 Å². The maximum Gasteiger partial charge on any atom is 0.472 e. The van der Waals surface area contributed by atoms with E-state index in [0.717, 1.165) is 38.5 Å². The summed E-state index contributed by atoms with van der Waals surface area (Å²) in [5.41, 5.74) is 0. The van der Waals surface area contributed by atoms with E-state index in [4.69, 9.17) is 9.05 Å². The van der Waals surface area contributed by atoms with Crippen LogP contribution in [-0.4, -0.2) is 73.4 Å². The van der Waals surface area contributed by atoms with Crippen molar-refractivity contribution in [1.82, 2.24) is 5.32 Å². The van der Waals surface area contributed by atoms with Crippen LogP contribution in [0.1, 0.15) is 226 Å². The molecule has 0 bridgehead atoms. The number of amides is 1. The molecule has 8 nitrogen and oxygen atoms in total. The van der Waals surface area contributed by atoms with Crippen molar-refractivity contribution >= 4 is 13.7 Å². The number of carbonyl (C=O) groups excluding carboxylic acids is 1. The number of quaternary nitrogens is 1. The minimum Gasteiger partial charge on any atom is -0.387 e. The number of nitrogens with one attached hydrogen (secondary N) is 1. The lowest BCUT2D eigenvalue weighted by Crippen LogP contribution is -2.45. The predicted octanol–water partition coefficient (Wildman–Crippen LogP) is 14.3. The van der Waals surface area contributed by atoms with Crippen LogP contribution in [0.25, 0.3) is 0 Å². The monoisotopic (exact) mass is 854 g/mol. The average molecular weight is 854 g/mol. The first-order chi connectivity index (χ1) is 28.5. The molecular formula is C50H98N2O6P+. The molecule has 0 aromatic rings.